The Morgan fingerprint density at radius 2 is 1.97 bits per heavy atom. The molecule has 0 bridgehead atoms. The maximum absolute atomic E-state index is 12.9. The smallest absolute Gasteiger partial charge is 0.378 e. The number of carbonyl (C=O) groups is 1. The maximum Gasteiger partial charge on any atom is 0.453 e. The van der Waals surface area contributed by atoms with Crippen LogP contribution in [0.3, 0.4) is 0 Å². The summed E-state index contributed by atoms with van der Waals surface area (Å²) in [5.74, 6) is -1.36. The van der Waals surface area contributed by atoms with Gasteiger partial charge in [-0.05, 0) is 52.0 Å². The number of nitrogens with zero attached hydrogens (tertiary/aromatic N) is 4. The van der Waals surface area contributed by atoms with Crippen molar-refractivity contribution >= 4 is 11.7 Å². The lowest BCUT2D eigenvalue weighted by atomic mass is 9.60. The van der Waals surface area contributed by atoms with Crippen LogP contribution in [0.25, 0.3) is 5.78 Å². The number of rotatable bonds is 6. The van der Waals surface area contributed by atoms with Crippen LogP contribution in [0, 0.1) is 19.3 Å². The fourth-order valence-electron chi connectivity index (χ4n) is 5.28. The van der Waals surface area contributed by atoms with Gasteiger partial charge in [-0.15, -0.1) is 5.10 Å². The molecule has 0 radical (unpaired) electrons. The fraction of sp³-hybridized carbons (Fsp3) is 0.714. The molecule has 0 aliphatic heterocycles. The lowest BCUT2D eigenvalue weighted by Gasteiger charge is -2.54. The highest BCUT2D eigenvalue weighted by Gasteiger charge is 2.57. The first kappa shape index (κ1) is 22.0. The maximum atomic E-state index is 12.9. The molecule has 0 unspecified atom stereocenters. The molecule has 2 heterocycles. The third kappa shape index (κ3) is 3.90. The molecule has 1 amide bonds. The van der Waals surface area contributed by atoms with Crippen LogP contribution in [0.5, 0.6) is 0 Å². The summed E-state index contributed by atoms with van der Waals surface area (Å²) in [4.78, 5) is 20.3. The van der Waals surface area contributed by atoms with Gasteiger partial charge in [-0.2, -0.15) is 18.2 Å². The van der Waals surface area contributed by atoms with Crippen molar-refractivity contribution in [3.05, 3.63) is 22.8 Å². The van der Waals surface area contributed by atoms with Crippen LogP contribution in [0.2, 0.25) is 0 Å². The summed E-state index contributed by atoms with van der Waals surface area (Å²) in [7, 11) is 0. The molecule has 2 saturated carbocycles. The molecule has 0 saturated heterocycles. The zero-order valence-corrected chi connectivity index (χ0v) is 18.1. The van der Waals surface area contributed by atoms with Gasteiger partial charge in [0.15, 0.2) is 0 Å². The summed E-state index contributed by atoms with van der Waals surface area (Å²) in [6.45, 7) is 6.07. The SMILES string of the molecule is CCO[C@H]1C[C@@H](NC(=O)CCc2c(C)nc3nc(C(F)(F)F)nn3c2C)C12CCCC2. The normalized spacial score (nSPS) is 22.8. The van der Waals surface area contributed by atoms with Crippen molar-refractivity contribution in [2.45, 2.75) is 84.0 Å². The second kappa shape index (κ2) is 8.03. The van der Waals surface area contributed by atoms with E-state index in [0.29, 0.717) is 24.4 Å². The van der Waals surface area contributed by atoms with Crippen LogP contribution in [-0.2, 0) is 22.1 Å². The van der Waals surface area contributed by atoms with Crippen molar-refractivity contribution in [2.75, 3.05) is 6.61 Å². The molecular weight excluding hydrogens is 411 g/mol. The number of ether oxygens (including phenoxy) is 1. The minimum Gasteiger partial charge on any atom is -0.378 e. The van der Waals surface area contributed by atoms with Crippen molar-refractivity contribution in [2.24, 2.45) is 5.41 Å². The van der Waals surface area contributed by atoms with Crippen molar-refractivity contribution in [3.8, 4) is 0 Å². The molecule has 1 spiro atoms. The first-order chi connectivity index (χ1) is 14.7. The van der Waals surface area contributed by atoms with E-state index in [4.69, 9.17) is 4.74 Å². The average molecular weight is 439 g/mol. The minimum atomic E-state index is -4.63. The van der Waals surface area contributed by atoms with Crippen LogP contribution < -0.4 is 5.32 Å². The largest absolute Gasteiger partial charge is 0.453 e. The molecular formula is C21H28F3N5O2. The van der Waals surface area contributed by atoms with Crippen LogP contribution in [0.4, 0.5) is 13.2 Å². The predicted molar refractivity (Wildman–Crippen MR) is 106 cm³/mol. The van der Waals surface area contributed by atoms with Gasteiger partial charge in [0.2, 0.25) is 5.91 Å². The second-order valence-electron chi connectivity index (χ2n) is 8.65. The second-order valence-corrected chi connectivity index (χ2v) is 8.65. The summed E-state index contributed by atoms with van der Waals surface area (Å²) >= 11 is 0. The molecule has 2 aliphatic rings. The number of alkyl halides is 3. The number of fused-ring (bicyclic) bond motifs is 1. The quantitative estimate of drug-likeness (QED) is 0.745. The molecule has 31 heavy (non-hydrogen) atoms. The van der Waals surface area contributed by atoms with Crippen LogP contribution in [0.15, 0.2) is 0 Å². The monoisotopic (exact) mass is 439 g/mol. The predicted octanol–water partition coefficient (Wildman–Crippen LogP) is 3.55. The zero-order chi connectivity index (χ0) is 22.4. The van der Waals surface area contributed by atoms with Crippen molar-refractivity contribution < 1.29 is 22.7 Å². The van der Waals surface area contributed by atoms with Gasteiger partial charge in [0.25, 0.3) is 11.6 Å². The molecule has 2 fully saturated rings. The Bertz CT molecular complexity index is 982. The lowest BCUT2D eigenvalue weighted by molar-refractivity contribution is -0.145. The van der Waals surface area contributed by atoms with Gasteiger partial charge in [-0.1, -0.05) is 12.8 Å². The standard InChI is InChI=1S/C21H28F3N5O2/c1-4-31-16-11-15(20(16)9-5-6-10-20)26-17(30)8-7-14-12(2)25-19-27-18(21(22,23)24)28-29(19)13(14)3/h15-16H,4-11H2,1-3H3,(H,26,30)/t15-,16+/m1/s1. The summed E-state index contributed by atoms with van der Waals surface area (Å²) in [6.07, 6.45) is 1.53. The molecule has 10 heteroatoms. The van der Waals surface area contributed by atoms with E-state index in [1.54, 1.807) is 13.8 Å². The highest BCUT2D eigenvalue weighted by molar-refractivity contribution is 5.77. The van der Waals surface area contributed by atoms with E-state index in [2.05, 4.69) is 20.4 Å². The van der Waals surface area contributed by atoms with E-state index in [-0.39, 0.29) is 35.7 Å². The number of amides is 1. The Morgan fingerprint density at radius 1 is 1.26 bits per heavy atom. The van der Waals surface area contributed by atoms with Gasteiger partial charge >= 0.3 is 6.18 Å². The van der Waals surface area contributed by atoms with Gasteiger partial charge < -0.3 is 10.1 Å². The Labute approximate surface area is 178 Å². The highest BCUT2D eigenvalue weighted by Crippen LogP contribution is 2.54. The van der Waals surface area contributed by atoms with E-state index in [1.807, 2.05) is 6.92 Å². The van der Waals surface area contributed by atoms with E-state index in [9.17, 15) is 18.0 Å². The summed E-state index contributed by atoms with van der Waals surface area (Å²) in [5.41, 5.74) is 1.86. The van der Waals surface area contributed by atoms with E-state index in [1.165, 1.54) is 0 Å². The Hall–Kier alpha value is -2.23. The molecule has 7 nitrogen and oxygen atoms in total. The van der Waals surface area contributed by atoms with Gasteiger partial charge in [-0.25, -0.2) is 9.50 Å². The summed E-state index contributed by atoms with van der Waals surface area (Å²) < 4.78 is 45.8. The van der Waals surface area contributed by atoms with Gasteiger partial charge in [0.05, 0.1) is 6.10 Å². The molecule has 2 aliphatic carbocycles. The molecule has 4 rings (SSSR count). The molecule has 1 N–H and O–H groups in total. The molecule has 170 valence electrons. The fourth-order valence-corrected chi connectivity index (χ4v) is 5.28. The van der Waals surface area contributed by atoms with Crippen LogP contribution >= 0.6 is 0 Å². The van der Waals surface area contributed by atoms with Crippen LogP contribution in [-0.4, -0.2) is 44.2 Å². The third-order valence-electron chi connectivity index (χ3n) is 6.93. The van der Waals surface area contributed by atoms with Gasteiger partial charge in [0, 0.05) is 35.9 Å². The first-order valence-corrected chi connectivity index (χ1v) is 10.9. The number of carbonyl (C=O) groups excluding carboxylic acids is 1. The van der Waals surface area contributed by atoms with Crippen molar-refractivity contribution in [1.82, 2.24) is 24.9 Å². The van der Waals surface area contributed by atoms with E-state index < -0.39 is 12.0 Å². The minimum absolute atomic E-state index is 0.0558. The van der Waals surface area contributed by atoms with Crippen molar-refractivity contribution in [3.63, 3.8) is 0 Å². The number of nitrogens with one attached hydrogen (secondary N) is 1. The van der Waals surface area contributed by atoms with Crippen LogP contribution in [0.1, 0.15) is 68.2 Å². The van der Waals surface area contributed by atoms with Gasteiger partial charge in [0.1, 0.15) is 0 Å². The molecule has 2 aromatic heterocycles. The molecule has 0 aromatic carbocycles. The van der Waals surface area contributed by atoms with Crippen molar-refractivity contribution in [1.29, 1.82) is 0 Å². The topological polar surface area (TPSA) is 81.4 Å². The lowest BCUT2D eigenvalue weighted by Crippen LogP contribution is -2.63. The summed E-state index contributed by atoms with van der Waals surface area (Å²) in [5, 5.41) is 6.75. The molecule has 2 aromatic rings. The number of aromatic nitrogens is 4. The Morgan fingerprint density at radius 3 is 2.61 bits per heavy atom. The Balaban J connectivity index is 1.44. The van der Waals surface area contributed by atoms with Gasteiger partial charge in [-0.3, -0.25) is 4.79 Å². The third-order valence-corrected chi connectivity index (χ3v) is 6.93. The number of hydrogen-bond donors (Lipinski definition) is 1. The summed E-state index contributed by atoms with van der Waals surface area (Å²) in [6, 6.07) is 0.131. The highest BCUT2D eigenvalue weighted by atomic mass is 19.4. The van der Waals surface area contributed by atoms with E-state index in [0.717, 1.165) is 42.2 Å². The molecule has 2 atom stereocenters. The first-order valence-electron chi connectivity index (χ1n) is 10.9. The average Bonchev–Trinajstić information content (AvgIpc) is 3.35. The number of aryl methyl sites for hydroxylation is 2. The van der Waals surface area contributed by atoms with E-state index >= 15 is 0 Å². The number of hydrogen-bond acceptors (Lipinski definition) is 5. The zero-order valence-electron chi connectivity index (χ0n) is 18.1. The Kier molecular flexibility index (Phi) is 5.70. The number of halogens is 3.